The molecule has 0 aliphatic heterocycles. The summed E-state index contributed by atoms with van der Waals surface area (Å²) in [6.07, 6.45) is 3.85. The fourth-order valence-electron chi connectivity index (χ4n) is 2.92. The van der Waals surface area contributed by atoms with Crippen LogP contribution in [-0.4, -0.2) is 34.1 Å². The number of fused-ring (bicyclic) bond motifs is 1. The zero-order valence-electron chi connectivity index (χ0n) is 11.2. The van der Waals surface area contributed by atoms with Gasteiger partial charge in [-0.1, -0.05) is 0 Å². The van der Waals surface area contributed by atoms with Crippen molar-refractivity contribution in [2.75, 3.05) is 14.1 Å². The van der Waals surface area contributed by atoms with E-state index in [1.807, 2.05) is 0 Å². The first-order valence-electron chi connectivity index (χ1n) is 6.57. The first-order valence-corrected chi connectivity index (χ1v) is 8.06. The molecule has 3 rings (SSSR count). The molecular formula is C14H18IN3S. The van der Waals surface area contributed by atoms with E-state index in [9.17, 15) is 0 Å². The fraction of sp³-hybridized carbons (Fsp3) is 0.500. The highest BCUT2D eigenvalue weighted by molar-refractivity contribution is 14.1. The molecule has 0 bridgehead atoms. The van der Waals surface area contributed by atoms with Gasteiger partial charge in [-0.3, -0.25) is 0 Å². The number of hydrogen-bond acceptors (Lipinski definition) is 2. The maximum Gasteiger partial charge on any atom is 0.178 e. The first kappa shape index (κ1) is 13.6. The third kappa shape index (κ3) is 2.25. The molecule has 1 N–H and O–H groups in total. The second-order valence-corrected chi connectivity index (χ2v) is 7.28. The van der Waals surface area contributed by atoms with Crippen molar-refractivity contribution in [3.63, 3.8) is 0 Å². The second kappa shape index (κ2) is 4.86. The predicted octanol–water partition coefficient (Wildman–Crippen LogP) is 3.79. The minimum absolute atomic E-state index is 0.288. The Morgan fingerprint density at radius 3 is 2.74 bits per heavy atom. The number of aromatic amines is 1. The van der Waals surface area contributed by atoms with Crippen molar-refractivity contribution in [3.05, 3.63) is 26.5 Å². The Balaban J connectivity index is 2.06. The smallest absolute Gasteiger partial charge is 0.178 e. The Hall–Kier alpha value is -0.400. The van der Waals surface area contributed by atoms with Crippen molar-refractivity contribution in [2.24, 2.45) is 0 Å². The average molecular weight is 387 g/mol. The highest BCUT2D eigenvalue weighted by Crippen LogP contribution is 2.38. The van der Waals surface area contributed by atoms with E-state index in [2.05, 4.69) is 69.3 Å². The van der Waals surface area contributed by atoms with Crippen LogP contribution in [0.15, 0.2) is 18.2 Å². The lowest BCUT2D eigenvalue weighted by Crippen LogP contribution is -2.53. The van der Waals surface area contributed by atoms with Crippen LogP contribution in [0.5, 0.6) is 0 Å². The largest absolute Gasteiger partial charge is 0.331 e. The van der Waals surface area contributed by atoms with Gasteiger partial charge in [0, 0.05) is 15.7 Å². The number of rotatable bonds is 3. The molecule has 0 unspecified atom stereocenters. The molecule has 2 aromatic rings. The molecule has 0 radical (unpaired) electrons. The summed E-state index contributed by atoms with van der Waals surface area (Å²) in [5, 5.41) is 0. The lowest BCUT2D eigenvalue weighted by molar-refractivity contribution is 0.0431. The molecule has 5 heteroatoms. The van der Waals surface area contributed by atoms with Crippen molar-refractivity contribution in [1.29, 1.82) is 0 Å². The first-order chi connectivity index (χ1) is 9.02. The summed E-state index contributed by atoms with van der Waals surface area (Å²) in [6, 6.07) is 6.47. The lowest BCUT2D eigenvalue weighted by atomic mass is 9.75. The van der Waals surface area contributed by atoms with Crippen LogP contribution in [-0.2, 0) is 6.54 Å². The van der Waals surface area contributed by atoms with Crippen molar-refractivity contribution < 1.29 is 0 Å². The van der Waals surface area contributed by atoms with Gasteiger partial charge in [-0.25, -0.2) is 0 Å². The van der Waals surface area contributed by atoms with Crippen LogP contribution in [0.2, 0.25) is 0 Å². The maximum absolute atomic E-state index is 5.51. The molecule has 1 saturated carbocycles. The molecule has 1 aliphatic rings. The van der Waals surface area contributed by atoms with Gasteiger partial charge < -0.3 is 14.5 Å². The summed E-state index contributed by atoms with van der Waals surface area (Å²) in [6.45, 7) is 0.986. The number of imidazole rings is 1. The van der Waals surface area contributed by atoms with Gasteiger partial charge >= 0.3 is 0 Å². The van der Waals surface area contributed by atoms with Gasteiger partial charge in [-0.15, -0.1) is 0 Å². The molecule has 0 atom stereocenters. The number of hydrogen-bond donors (Lipinski definition) is 1. The summed E-state index contributed by atoms with van der Waals surface area (Å²) in [7, 11) is 4.36. The van der Waals surface area contributed by atoms with Gasteiger partial charge in [0.25, 0.3) is 0 Å². The molecule has 0 spiro atoms. The zero-order chi connectivity index (χ0) is 13.6. The highest BCUT2D eigenvalue weighted by Gasteiger charge is 2.39. The third-order valence-electron chi connectivity index (χ3n) is 4.42. The van der Waals surface area contributed by atoms with Crippen LogP contribution >= 0.6 is 34.8 Å². The number of nitrogens with one attached hydrogen (secondary N) is 1. The summed E-state index contributed by atoms with van der Waals surface area (Å²) in [4.78, 5) is 5.70. The van der Waals surface area contributed by atoms with E-state index in [1.165, 1.54) is 28.3 Å². The minimum Gasteiger partial charge on any atom is -0.331 e. The monoisotopic (exact) mass is 387 g/mol. The molecule has 1 aliphatic carbocycles. The van der Waals surface area contributed by atoms with Gasteiger partial charge in [0.15, 0.2) is 4.77 Å². The van der Waals surface area contributed by atoms with Crippen molar-refractivity contribution in [3.8, 4) is 0 Å². The van der Waals surface area contributed by atoms with Crippen LogP contribution in [0.3, 0.4) is 0 Å². The van der Waals surface area contributed by atoms with Crippen LogP contribution in [0.1, 0.15) is 19.3 Å². The molecule has 0 saturated heterocycles. The number of H-pyrrole nitrogens is 1. The second-order valence-electron chi connectivity index (χ2n) is 5.65. The topological polar surface area (TPSA) is 24.0 Å². The summed E-state index contributed by atoms with van der Waals surface area (Å²) in [5.41, 5.74) is 2.65. The Bertz CT molecular complexity index is 667. The van der Waals surface area contributed by atoms with E-state index in [1.54, 1.807) is 0 Å². The third-order valence-corrected chi connectivity index (χ3v) is 5.41. The van der Waals surface area contributed by atoms with Crippen LogP contribution in [0.25, 0.3) is 11.0 Å². The number of aromatic nitrogens is 2. The normalized spacial score (nSPS) is 17.9. The number of halogens is 1. The Kier molecular flexibility index (Phi) is 3.47. The van der Waals surface area contributed by atoms with E-state index in [4.69, 9.17) is 12.2 Å². The van der Waals surface area contributed by atoms with Crippen molar-refractivity contribution in [2.45, 2.75) is 31.3 Å². The molecule has 1 aromatic heterocycles. The van der Waals surface area contributed by atoms with E-state index < -0.39 is 0 Å². The van der Waals surface area contributed by atoms with Crippen LogP contribution in [0.4, 0.5) is 0 Å². The number of nitrogens with zero attached hydrogens (tertiary/aromatic N) is 2. The fourth-order valence-corrected chi connectivity index (χ4v) is 3.68. The van der Waals surface area contributed by atoms with Gasteiger partial charge in [0.1, 0.15) is 0 Å². The van der Waals surface area contributed by atoms with Crippen molar-refractivity contribution >= 4 is 45.8 Å². The molecule has 3 nitrogen and oxygen atoms in total. The van der Waals surface area contributed by atoms with E-state index in [0.717, 1.165) is 16.8 Å². The van der Waals surface area contributed by atoms with Gasteiger partial charge in [-0.2, -0.15) is 0 Å². The zero-order valence-corrected chi connectivity index (χ0v) is 14.2. The molecule has 19 heavy (non-hydrogen) atoms. The van der Waals surface area contributed by atoms with E-state index in [0.29, 0.717) is 0 Å². The molecular weight excluding hydrogens is 369 g/mol. The summed E-state index contributed by atoms with van der Waals surface area (Å²) in [5.74, 6) is 0. The summed E-state index contributed by atoms with van der Waals surface area (Å²) < 4.78 is 4.34. The van der Waals surface area contributed by atoms with Gasteiger partial charge in [-0.05, 0) is 86.4 Å². The molecule has 1 aromatic carbocycles. The van der Waals surface area contributed by atoms with Crippen molar-refractivity contribution in [1.82, 2.24) is 14.5 Å². The highest BCUT2D eigenvalue weighted by atomic mass is 127. The van der Waals surface area contributed by atoms with Crippen LogP contribution in [0, 0.1) is 8.34 Å². The van der Waals surface area contributed by atoms with E-state index >= 15 is 0 Å². The lowest BCUT2D eigenvalue weighted by Gasteiger charge is -2.47. The molecule has 1 fully saturated rings. The Morgan fingerprint density at radius 2 is 2.16 bits per heavy atom. The minimum atomic E-state index is 0.288. The molecule has 0 amide bonds. The predicted molar refractivity (Wildman–Crippen MR) is 90.1 cm³/mol. The molecule has 1 heterocycles. The van der Waals surface area contributed by atoms with Gasteiger partial charge in [0.05, 0.1) is 11.0 Å². The standard InChI is InChI=1S/C14H18IN3S/c1-17(2)14(6-3-7-14)9-18-12-5-4-10(15)8-11(12)16-13(18)19/h4-5,8H,3,6-7,9H2,1-2H3,(H,16,19). The maximum atomic E-state index is 5.51. The Morgan fingerprint density at radius 1 is 1.42 bits per heavy atom. The average Bonchev–Trinajstić information content (AvgIpc) is 2.58. The van der Waals surface area contributed by atoms with Crippen LogP contribution < -0.4 is 0 Å². The number of benzene rings is 1. The molecule has 102 valence electrons. The SMILES string of the molecule is CN(C)C1(Cn2c(=S)[nH]c3cc(I)ccc32)CCC1. The quantitative estimate of drug-likeness (QED) is 0.640. The summed E-state index contributed by atoms with van der Waals surface area (Å²) >= 11 is 7.84. The Labute approximate surface area is 132 Å². The number of likely N-dealkylation sites (N-methyl/N-ethyl adjacent to an activating group) is 1. The van der Waals surface area contributed by atoms with Gasteiger partial charge in [0.2, 0.25) is 0 Å². The van der Waals surface area contributed by atoms with E-state index in [-0.39, 0.29) is 5.54 Å².